The van der Waals surface area contributed by atoms with E-state index >= 15 is 0 Å². The van der Waals surface area contributed by atoms with Gasteiger partial charge in [0.2, 0.25) is 11.9 Å². The zero-order chi connectivity index (χ0) is 25.5. The molecule has 0 aliphatic carbocycles. The van der Waals surface area contributed by atoms with Gasteiger partial charge in [-0.3, -0.25) is 4.68 Å². The summed E-state index contributed by atoms with van der Waals surface area (Å²) in [5.74, 6) is 2.07. The van der Waals surface area contributed by atoms with E-state index in [1.165, 1.54) is 0 Å². The summed E-state index contributed by atoms with van der Waals surface area (Å²) in [6.45, 7) is 10.5. The predicted molar refractivity (Wildman–Crippen MR) is 143 cm³/mol. The Balaban J connectivity index is 1.54. The molecule has 4 aromatic heterocycles. The number of fused-ring (bicyclic) bond motifs is 1. The van der Waals surface area contributed by atoms with Gasteiger partial charge in [-0.2, -0.15) is 15.1 Å². The van der Waals surface area contributed by atoms with Gasteiger partial charge in [-0.1, -0.05) is 0 Å². The van der Waals surface area contributed by atoms with Crippen LogP contribution in [-0.4, -0.2) is 80.2 Å². The number of pyridine rings is 1. The molecule has 6 heterocycles. The molecular weight excluding hydrogens is 468 g/mol. The lowest BCUT2D eigenvalue weighted by molar-refractivity contribution is 0.0985. The van der Waals surface area contributed by atoms with Gasteiger partial charge in [0.25, 0.3) is 0 Å². The Hall–Kier alpha value is -3.57. The predicted octanol–water partition coefficient (Wildman–Crippen LogP) is 2.88. The molecular formula is C26H34N10O. The first kappa shape index (κ1) is 23.8. The summed E-state index contributed by atoms with van der Waals surface area (Å²) >= 11 is 0. The Kier molecular flexibility index (Phi) is 6.25. The first-order chi connectivity index (χ1) is 18.0. The molecule has 0 radical (unpaired) electrons. The molecule has 0 bridgehead atoms. The number of ether oxygens (including phenoxy) is 1. The number of rotatable bonds is 5. The van der Waals surface area contributed by atoms with Gasteiger partial charge in [0.1, 0.15) is 5.82 Å². The molecule has 11 heteroatoms. The van der Waals surface area contributed by atoms with Crippen molar-refractivity contribution >= 4 is 22.9 Å². The highest BCUT2D eigenvalue weighted by atomic mass is 16.5. The highest BCUT2D eigenvalue weighted by Crippen LogP contribution is 2.33. The highest BCUT2D eigenvalue weighted by molar-refractivity contribution is 5.77. The number of imidazole rings is 1. The van der Waals surface area contributed by atoms with Crippen LogP contribution in [0, 0.1) is 13.8 Å². The topological polar surface area (TPSA) is 111 Å². The zero-order valence-electron chi connectivity index (χ0n) is 21.9. The van der Waals surface area contributed by atoms with Crippen LogP contribution in [0.3, 0.4) is 0 Å². The number of aromatic nitrogens is 7. The van der Waals surface area contributed by atoms with E-state index in [1.807, 2.05) is 23.7 Å². The van der Waals surface area contributed by atoms with Crippen LogP contribution in [0.1, 0.15) is 37.2 Å². The van der Waals surface area contributed by atoms with Crippen molar-refractivity contribution in [2.75, 3.05) is 50.1 Å². The Bertz CT molecular complexity index is 1420. The van der Waals surface area contributed by atoms with Crippen LogP contribution in [0.4, 0.5) is 11.8 Å². The third kappa shape index (κ3) is 4.21. The van der Waals surface area contributed by atoms with Gasteiger partial charge in [0, 0.05) is 37.1 Å². The maximum Gasteiger partial charge on any atom is 0.239 e. The van der Waals surface area contributed by atoms with Crippen LogP contribution < -0.4 is 15.5 Å². The van der Waals surface area contributed by atoms with Crippen molar-refractivity contribution in [1.82, 2.24) is 39.6 Å². The van der Waals surface area contributed by atoms with Gasteiger partial charge in [-0.25, -0.2) is 14.5 Å². The number of morpholine rings is 1. The monoisotopic (exact) mass is 502 g/mol. The van der Waals surface area contributed by atoms with Gasteiger partial charge in [-0.05, 0) is 58.8 Å². The Morgan fingerprint density at radius 3 is 2.76 bits per heavy atom. The molecule has 0 aromatic carbocycles. The van der Waals surface area contributed by atoms with Gasteiger partial charge in [0.05, 0.1) is 42.2 Å². The standard InChI is InChI=1S/C26H34N10O/c1-16-15-37-13-12-34(16)22-14-20(23-17(2)33-36(18(23)3)19-7-10-28-11-8-19)30-26(31-22)35-21-6-5-9-29-24(21)32-25(35)27-4/h5-6,9,14,16,19,28H,7-8,10-13,15H2,1-4H3,(H,27,29,32)/t16-/m1/s1. The first-order valence-corrected chi connectivity index (χ1v) is 13.1. The second-order valence-corrected chi connectivity index (χ2v) is 9.87. The number of hydrogen-bond acceptors (Lipinski definition) is 9. The second-order valence-electron chi connectivity index (χ2n) is 9.87. The fourth-order valence-corrected chi connectivity index (χ4v) is 5.59. The quantitative estimate of drug-likeness (QED) is 0.425. The van der Waals surface area contributed by atoms with Crippen LogP contribution >= 0.6 is 0 Å². The normalized spacial score (nSPS) is 19.0. The van der Waals surface area contributed by atoms with E-state index in [0.717, 1.165) is 66.5 Å². The summed E-state index contributed by atoms with van der Waals surface area (Å²) in [6.07, 6.45) is 3.90. The van der Waals surface area contributed by atoms with E-state index < -0.39 is 0 Å². The summed E-state index contributed by atoms with van der Waals surface area (Å²) < 4.78 is 9.87. The van der Waals surface area contributed by atoms with Crippen molar-refractivity contribution in [1.29, 1.82) is 0 Å². The number of aryl methyl sites for hydroxylation is 1. The average molecular weight is 503 g/mol. The van der Waals surface area contributed by atoms with Gasteiger partial charge < -0.3 is 20.3 Å². The van der Waals surface area contributed by atoms with Crippen molar-refractivity contribution in [3.63, 3.8) is 0 Å². The highest BCUT2D eigenvalue weighted by Gasteiger charge is 2.27. The van der Waals surface area contributed by atoms with Gasteiger partial charge in [0.15, 0.2) is 5.65 Å². The molecule has 2 saturated heterocycles. The molecule has 0 saturated carbocycles. The minimum atomic E-state index is 0.203. The van der Waals surface area contributed by atoms with E-state index in [4.69, 9.17) is 19.8 Å². The molecule has 2 N–H and O–H groups in total. The van der Waals surface area contributed by atoms with Crippen LogP contribution in [0.15, 0.2) is 24.4 Å². The van der Waals surface area contributed by atoms with E-state index in [2.05, 4.69) is 57.0 Å². The van der Waals surface area contributed by atoms with E-state index in [-0.39, 0.29) is 6.04 Å². The Morgan fingerprint density at radius 2 is 1.97 bits per heavy atom. The Labute approximate surface area is 216 Å². The minimum absolute atomic E-state index is 0.203. The summed E-state index contributed by atoms with van der Waals surface area (Å²) in [4.78, 5) is 21.6. The van der Waals surface area contributed by atoms with Crippen LogP contribution in [0.25, 0.3) is 28.4 Å². The summed E-state index contributed by atoms with van der Waals surface area (Å²) in [6, 6.07) is 6.61. The third-order valence-electron chi connectivity index (χ3n) is 7.45. The van der Waals surface area contributed by atoms with Crippen molar-refractivity contribution in [3.8, 4) is 17.2 Å². The fraction of sp³-hybridized carbons (Fsp3) is 0.500. The van der Waals surface area contributed by atoms with Crippen LogP contribution in [0.5, 0.6) is 0 Å². The molecule has 0 amide bonds. The molecule has 2 aliphatic heterocycles. The summed E-state index contributed by atoms with van der Waals surface area (Å²) in [5.41, 5.74) is 5.55. The fourth-order valence-electron chi connectivity index (χ4n) is 5.59. The maximum atomic E-state index is 5.72. The van der Waals surface area contributed by atoms with Crippen molar-refractivity contribution < 1.29 is 4.74 Å². The Morgan fingerprint density at radius 1 is 1.14 bits per heavy atom. The molecule has 2 aliphatic rings. The lowest BCUT2D eigenvalue weighted by Crippen LogP contribution is -2.44. The van der Waals surface area contributed by atoms with Crippen molar-refractivity contribution in [2.45, 2.75) is 45.7 Å². The maximum absolute atomic E-state index is 5.72. The van der Waals surface area contributed by atoms with Crippen molar-refractivity contribution in [3.05, 3.63) is 35.8 Å². The van der Waals surface area contributed by atoms with Gasteiger partial charge in [-0.15, -0.1) is 0 Å². The van der Waals surface area contributed by atoms with E-state index in [1.54, 1.807) is 6.20 Å². The molecule has 37 heavy (non-hydrogen) atoms. The lowest BCUT2D eigenvalue weighted by atomic mass is 10.1. The van der Waals surface area contributed by atoms with Crippen LogP contribution in [0.2, 0.25) is 0 Å². The minimum Gasteiger partial charge on any atom is -0.377 e. The molecule has 6 rings (SSSR count). The number of nitrogens with zero attached hydrogens (tertiary/aromatic N) is 8. The van der Waals surface area contributed by atoms with E-state index in [9.17, 15) is 0 Å². The average Bonchev–Trinajstić information content (AvgIpc) is 3.45. The van der Waals surface area contributed by atoms with Crippen LogP contribution in [-0.2, 0) is 4.74 Å². The largest absolute Gasteiger partial charge is 0.377 e. The number of anilines is 2. The molecule has 2 fully saturated rings. The molecule has 194 valence electrons. The second kappa shape index (κ2) is 9.71. The molecule has 0 spiro atoms. The smallest absolute Gasteiger partial charge is 0.239 e. The summed E-state index contributed by atoms with van der Waals surface area (Å²) in [7, 11) is 1.85. The number of nitrogens with one attached hydrogen (secondary N) is 2. The summed E-state index contributed by atoms with van der Waals surface area (Å²) in [5, 5.41) is 11.6. The van der Waals surface area contributed by atoms with Gasteiger partial charge >= 0.3 is 0 Å². The molecule has 1 atom stereocenters. The first-order valence-electron chi connectivity index (χ1n) is 13.1. The number of piperidine rings is 1. The third-order valence-corrected chi connectivity index (χ3v) is 7.45. The zero-order valence-corrected chi connectivity index (χ0v) is 21.9. The molecule has 0 unspecified atom stereocenters. The molecule has 4 aromatic rings. The van der Waals surface area contributed by atoms with E-state index in [0.29, 0.717) is 36.8 Å². The molecule has 11 nitrogen and oxygen atoms in total. The van der Waals surface area contributed by atoms with Crippen molar-refractivity contribution in [2.24, 2.45) is 0 Å². The SMILES string of the molecule is CNc1nc2ncccc2n1-c1nc(-c2c(C)nn(C3CCNCC3)c2C)cc(N2CCOC[C@H]2C)n1. The lowest BCUT2D eigenvalue weighted by Gasteiger charge is -2.34. The number of hydrogen-bond donors (Lipinski definition) is 2.